The molecule has 0 spiro atoms. The van der Waals surface area contributed by atoms with E-state index < -0.39 is 10.8 Å². The van der Waals surface area contributed by atoms with Gasteiger partial charge in [-0.2, -0.15) is 0 Å². The van der Waals surface area contributed by atoms with Crippen molar-refractivity contribution < 1.29 is 9.00 Å². The van der Waals surface area contributed by atoms with Crippen molar-refractivity contribution in [3.05, 3.63) is 17.5 Å². The first-order valence-corrected chi connectivity index (χ1v) is 10.1. The minimum absolute atomic E-state index is 0.166. The Balaban J connectivity index is 1.97. The van der Waals surface area contributed by atoms with Gasteiger partial charge in [0.2, 0.25) is 5.95 Å². The predicted octanol–water partition coefficient (Wildman–Crippen LogP) is 2.52. The fourth-order valence-corrected chi connectivity index (χ4v) is 3.85. The first-order valence-electron chi connectivity index (χ1n) is 8.37. The zero-order valence-corrected chi connectivity index (χ0v) is 16.0. The molecule has 0 radical (unpaired) electrons. The Morgan fingerprint density at radius 2 is 2.17 bits per heavy atom. The summed E-state index contributed by atoms with van der Waals surface area (Å²) >= 11 is 0. The zero-order valence-electron chi connectivity index (χ0n) is 15.2. The van der Waals surface area contributed by atoms with Crippen LogP contribution in [0.5, 0.6) is 0 Å². The van der Waals surface area contributed by atoms with E-state index >= 15 is 0 Å². The highest BCUT2D eigenvalue weighted by Gasteiger charge is 2.29. The standard InChI is InChI=1S/C17H28N4O2S/c1-11(10-24(5)23)19-16(22)21-15-18-9-12-8-13(17(2,3)4)6-7-14(12)20-15/h9,11,13H,6-8,10H2,1-5H3,(H2,18,19,20,21,22). The van der Waals surface area contributed by atoms with E-state index in [9.17, 15) is 9.00 Å². The molecule has 0 aromatic carbocycles. The van der Waals surface area contributed by atoms with Crippen LogP contribution in [-0.2, 0) is 23.6 Å². The number of fused-ring (bicyclic) bond motifs is 1. The molecule has 1 aromatic rings. The molecule has 0 saturated heterocycles. The molecule has 0 aliphatic heterocycles. The summed E-state index contributed by atoms with van der Waals surface area (Å²) in [5, 5.41) is 5.41. The van der Waals surface area contributed by atoms with E-state index in [1.165, 1.54) is 5.56 Å². The van der Waals surface area contributed by atoms with Crippen LogP contribution in [-0.4, -0.2) is 38.3 Å². The van der Waals surface area contributed by atoms with Gasteiger partial charge in [0.25, 0.3) is 0 Å². The minimum Gasteiger partial charge on any atom is -0.334 e. The number of hydrogen-bond acceptors (Lipinski definition) is 4. The Kier molecular flexibility index (Phi) is 5.96. The fraction of sp³-hybridized carbons (Fsp3) is 0.706. The Labute approximate surface area is 146 Å². The van der Waals surface area contributed by atoms with Crippen LogP contribution in [0.3, 0.4) is 0 Å². The van der Waals surface area contributed by atoms with Crippen molar-refractivity contribution >= 4 is 22.8 Å². The Bertz CT molecular complexity index is 628. The quantitative estimate of drug-likeness (QED) is 0.872. The third-order valence-electron chi connectivity index (χ3n) is 4.46. The summed E-state index contributed by atoms with van der Waals surface area (Å²) in [4.78, 5) is 20.7. The SMILES string of the molecule is CC(CS(C)=O)NC(=O)Nc1ncc2c(n1)CCC(C(C)(C)C)C2. The van der Waals surface area contributed by atoms with Crippen molar-refractivity contribution in [2.75, 3.05) is 17.3 Å². The molecule has 1 aromatic heterocycles. The van der Waals surface area contributed by atoms with E-state index in [2.05, 4.69) is 41.4 Å². The van der Waals surface area contributed by atoms with Gasteiger partial charge in [-0.3, -0.25) is 9.53 Å². The van der Waals surface area contributed by atoms with Crippen molar-refractivity contribution in [2.45, 2.75) is 53.0 Å². The minimum atomic E-state index is -0.945. The number of nitrogens with one attached hydrogen (secondary N) is 2. The topological polar surface area (TPSA) is 84.0 Å². The summed E-state index contributed by atoms with van der Waals surface area (Å²) in [6.45, 7) is 8.64. The van der Waals surface area contributed by atoms with E-state index in [4.69, 9.17) is 0 Å². The van der Waals surface area contributed by atoms with Gasteiger partial charge in [-0.05, 0) is 43.1 Å². The Morgan fingerprint density at radius 3 is 2.79 bits per heavy atom. The number of urea groups is 1. The lowest BCUT2D eigenvalue weighted by Crippen LogP contribution is -2.39. The van der Waals surface area contributed by atoms with E-state index in [1.807, 2.05) is 13.1 Å². The summed E-state index contributed by atoms with van der Waals surface area (Å²) in [5.74, 6) is 1.38. The van der Waals surface area contributed by atoms with Crippen molar-refractivity contribution in [3.8, 4) is 0 Å². The fourth-order valence-electron chi connectivity index (χ4n) is 3.06. The maximum absolute atomic E-state index is 12.0. The molecule has 134 valence electrons. The molecule has 3 unspecified atom stereocenters. The van der Waals surface area contributed by atoms with Gasteiger partial charge in [-0.1, -0.05) is 20.8 Å². The molecular formula is C17H28N4O2S. The number of nitrogens with zero attached hydrogens (tertiary/aromatic N) is 2. The second-order valence-electron chi connectivity index (χ2n) is 7.71. The molecule has 1 aliphatic rings. The number of carbonyl (C=O) groups excluding carboxylic acids is 1. The summed E-state index contributed by atoms with van der Waals surface area (Å²) in [7, 11) is -0.945. The van der Waals surface area contributed by atoms with Crippen LogP contribution in [0.25, 0.3) is 0 Å². The van der Waals surface area contributed by atoms with Gasteiger partial charge in [0.05, 0.1) is 0 Å². The van der Waals surface area contributed by atoms with Gasteiger partial charge < -0.3 is 5.32 Å². The number of carbonyl (C=O) groups is 1. The molecule has 0 bridgehead atoms. The molecule has 24 heavy (non-hydrogen) atoms. The van der Waals surface area contributed by atoms with E-state index in [-0.39, 0.29) is 17.5 Å². The monoisotopic (exact) mass is 352 g/mol. The van der Waals surface area contributed by atoms with Gasteiger partial charge in [0.15, 0.2) is 0 Å². The number of rotatable bonds is 4. The third-order valence-corrected chi connectivity index (χ3v) is 5.43. The lowest BCUT2D eigenvalue weighted by Gasteiger charge is -2.34. The van der Waals surface area contributed by atoms with Gasteiger partial charge in [-0.25, -0.2) is 14.8 Å². The second-order valence-corrected chi connectivity index (χ2v) is 9.19. The first kappa shape index (κ1) is 18.8. The lowest BCUT2D eigenvalue weighted by molar-refractivity contribution is 0.214. The molecule has 2 rings (SSSR count). The van der Waals surface area contributed by atoms with Crippen LogP contribution in [0.15, 0.2) is 6.20 Å². The van der Waals surface area contributed by atoms with E-state index in [1.54, 1.807) is 6.26 Å². The number of aromatic nitrogens is 2. The van der Waals surface area contributed by atoms with Gasteiger partial charge >= 0.3 is 6.03 Å². The average Bonchev–Trinajstić information content (AvgIpc) is 2.44. The van der Waals surface area contributed by atoms with Crippen LogP contribution in [0.2, 0.25) is 0 Å². The normalized spacial score (nSPS) is 20.0. The highest BCUT2D eigenvalue weighted by atomic mass is 32.2. The number of hydrogen-bond donors (Lipinski definition) is 2. The molecule has 6 nitrogen and oxygen atoms in total. The smallest absolute Gasteiger partial charge is 0.321 e. The summed E-state index contributed by atoms with van der Waals surface area (Å²) in [6.07, 6.45) is 6.47. The van der Waals surface area contributed by atoms with Crippen molar-refractivity contribution in [1.82, 2.24) is 15.3 Å². The van der Waals surface area contributed by atoms with E-state index in [0.29, 0.717) is 17.6 Å². The number of aryl methyl sites for hydroxylation is 1. The summed E-state index contributed by atoms with van der Waals surface area (Å²) < 4.78 is 11.2. The van der Waals surface area contributed by atoms with Crippen LogP contribution in [0, 0.1) is 11.3 Å². The Morgan fingerprint density at radius 1 is 1.46 bits per heavy atom. The first-order chi connectivity index (χ1) is 11.1. The molecule has 3 atom stereocenters. The molecule has 1 heterocycles. The van der Waals surface area contributed by atoms with Crippen molar-refractivity contribution in [1.29, 1.82) is 0 Å². The van der Waals surface area contributed by atoms with Crippen molar-refractivity contribution in [3.63, 3.8) is 0 Å². The summed E-state index contributed by atoms with van der Waals surface area (Å²) in [5.41, 5.74) is 2.50. The molecule has 1 aliphatic carbocycles. The maximum Gasteiger partial charge on any atom is 0.321 e. The molecule has 2 amide bonds. The Hall–Kier alpha value is -1.50. The molecular weight excluding hydrogens is 324 g/mol. The highest BCUT2D eigenvalue weighted by molar-refractivity contribution is 7.84. The largest absolute Gasteiger partial charge is 0.334 e. The van der Waals surface area contributed by atoms with Gasteiger partial charge in [0, 0.05) is 40.7 Å². The van der Waals surface area contributed by atoms with Gasteiger partial charge in [0.1, 0.15) is 0 Å². The molecule has 2 N–H and O–H groups in total. The van der Waals surface area contributed by atoms with E-state index in [0.717, 1.165) is 25.0 Å². The van der Waals surface area contributed by atoms with Crippen LogP contribution in [0.4, 0.5) is 10.7 Å². The van der Waals surface area contributed by atoms with Gasteiger partial charge in [-0.15, -0.1) is 0 Å². The lowest BCUT2D eigenvalue weighted by atomic mass is 9.72. The van der Waals surface area contributed by atoms with Crippen molar-refractivity contribution in [2.24, 2.45) is 11.3 Å². The number of amides is 2. The zero-order chi connectivity index (χ0) is 17.9. The molecule has 7 heteroatoms. The predicted molar refractivity (Wildman–Crippen MR) is 97.6 cm³/mol. The highest BCUT2D eigenvalue weighted by Crippen LogP contribution is 2.36. The van der Waals surface area contributed by atoms with Crippen LogP contribution in [0.1, 0.15) is 45.4 Å². The van der Waals surface area contributed by atoms with Crippen LogP contribution >= 0.6 is 0 Å². The second kappa shape index (κ2) is 7.59. The number of anilines is 1. The van der Waals surface area contributed by atoms with Crippen LogP contribution < -0.4 is 10.6 Å². The summed E-state index contributed by atoms with van der Waals surface area (Å²) in [6, 6.07) is -0.530. The average molecular weight is 353 g/mol. The third kappa shape index (κ3) is 5.26. The maximum atomic E-state index is 12.0. The molecule has 0 fully saturated rings. The molecule has 0 saturated carbocycles.